The molecule has 148 valence electrons. The first-order valence-electron chi connectivity index (χ1n) is 9.24. The minimum absolute atomic E-state index is 0.0414. The molecule has 7 heteroatoms. The standard InChI is InChI=1S/C21H26N4O2S/c1-3-15(2)18(23-19(26)17-12-8-5-9-13-17)20(27)24-25-21(28)22-14-16-10-6-4-7-11-16/h4-13,15,18H,3,14H2,1-2H3,(H,23,26)(H,24,27)(H2,22,25,28)/t15-,18-/m0/s1. The maximum Gasteiger partial charge on any atom is 0.261 e. The summed E-state index contributed by atoms with van der Waals surface area (Å²) in [5.41, 5.74) is 6.86. The Hall–Kier alpha value is -2.93. The van der Waals surface area contributed by atoms with Crippen LogP contribution in [0.2, 0.25) is 0 Å². The monoisotopic (exact) mass is 398 g/mol. The highest BCUT2D eigenvalue weighted by atomic mass is 32.1. The molecular weight excluding hydrogens is 372 g/mol. The Morgan fingerprint density at radius 3 is 2.18 bits per heavy atom. The summed E-state index contributed by atoms with van der Waals surface area (Å²) in [4.78, 5) is 25.0. The number of carbonyl (C=O) groups is 2. The maximum atomic E-state index is 12.6. The number of amides is 2. The van der Waals surface area contributed by atoms with Crippen LogP contribution < -0.4 is 21.5 Å². The zero-order chi connectivity index (χ0) is 20.4. The van der Waals surface area contributed by atoms with E-state index in [9.17, 15) is 9.59 Å². The maximum absolute atomic E-state index is 12.6. The van der Waals surface area contributed by atoms with Gasteiger partial charge in [-0.05, 0) is 35.8 Å². The Morgan fingerprint density at radius 2 is 1.57 bits per heavy atom. The Labute approximate surface area is 171 Å². The molecule has 2 atom stereocenters. The average Bonchev–Trinajstić information content (AvgIpc) is 2.75. The molecule has 0 unspecified atom stereocenters. The summed E-state index contributed by atoms with van der Waals surface area (Å²) in [7, 11) is 0. The third-order valence-corrected chi connectivity index (χ3v) is 4.66. The number of hydrogen-bond acceptors (Lipinski definition) is 3. The van der Waals surface area contributed by atoms with E-state index in [0.29, 0.717) is 17.2 Å². The van der Waals surface area contributed by atoms with Crippen molar-refractivity contribution in [3.63, 3.8) is 0 Å². The molecule has 4 N–H and O–H groups in total. The summed E-state index contributed by atoms with van der Waals surface area (Å²) in [6, 6.07) is 17.9. The van der Waals surface area contributed by atoms with Crippen LogP contribution in [-0.4, -0.2) is 23.0 Å². The molecule has 0 fully saturated rings. The number of hydrogen-bond donors (Lipinski definition) is 4. The van der Waals surface area contributed by atoms with E-state index < -0.39 is 6.04 Å². The second kappa shape index (κ2) is 11.0. The van der Waals surface area contributed by atoms with Gasteiger partial charge < -0.3 is 10.6 Å². The molecule has 0 heterocycles. The molecule has 2 aromatic carbocycles. The molecule has 28 heavy (non-hydrogen) atoms. The fourth-order valence-corrected chi connectivity index (χ4v) is 2.66. The van der Waals surface area contributed by atoms with E-state index in [1.165, 1.54) is 0 Å². The highest BCUT2D eigenvalue weighted by Gasteiger charge is 2.26. The van der Waals surface area contributed by atoms with E-state index in [0.717, 1.165) is 12.0 Å². The molecule has 6 nitrogen and oxygen atoms in total. The Morgan fingerprint density at radius 1 is 0.964 bits per heavy atom. The van der Waals surface area contributed by atoms with Gasteiger partial charge in [0.05, 0.1) is 0 Å². The SMILES string of the molecule is CC[C@H](C)[C@H](NC(=O)c1ccccc1)C(=O)NNC(=S)NCc1ccccc1. The van der Waals surface area contributed by atoms with Crippen LogP contribution in [-0.2, 0) is 11.3 Å². The highest BCUT2D eigenvalue weighted by Crippen LogP contribution is 2.09. The minimum atomic E-state index is -0.679. The van der Waals surface area contributed by atoms with Crippen LogP contribution in [0.3, 0.4) is 0 Å². The van der Waals surface area contributed by atoms with Crippen LogP contribution in [0.1, 0.15) is 36.2 Å². The first kappa shape index (κ1) is 21.4. The number of rotatable bonds is 7. The van der Waals surface area contributed by atoms with Crippen molar-refractivity contribution in [2.24, 2.45) is 5.92 Å². The van der Waals surface area contributed by atoms with Crippen molar-refractivity contribution in [1.29, 1.82) is 0 Å². The van der Waals surface area contributed by atoms with Crippen LogP contribution >= 0.6 is 12.2 Å². The summed E-state index contributed by atoms with van der Waals surface area (Å²) < 4.78 is 0. The normalized spacial score (nSPS) is 12.4. The lowest BCUT2D eigenvalue weighted by Crippen LogP contribution is -2.56. The van der Waals surface area contributed by atoms with Gasteiger partial charge in [0, 0.05) is 12.1 Å². The Bertz CT molecular complexity index is 784. The summed E-state index contributed by atoms with van der Waals surface area (Å²) in [6.07, 6.45) is 0.740. The second-order valence-corrected chi connectivity index (χ2v) is 6.89. The molecule has 0 spiro atoms. The topological polar surface area (TPSA) is 82.3 Å². The number of nitrogens with one attached hydrogen (secondary N) is 4. The zero-order valence-corrected chi connectivity index (χ0v) is 16.9. The Balaban J connectivity index is 1.88. The molecule has 0 aliphatic carbocycles. The quantitative estimate of drug-likeness (QED) is 0.426. The van der Waals surface area contributed by atoms with Crippen molar-refractivity contribution >= 4 is 29.1 Å². The molecule has 0 saturated heterocycles. The summed E-state index contributed by atoms with van der Waals surface area (Å²) in [5.74, 6) is -0.673. The first-order chi connectivity index (χ1) is 13.5. The number of carbonyl (C=O) groups excluding carboxylic acids is 2. The highest BCUT2D eigenvalue weighted by molar-refractivity contribution is 7.80. The lowest BCUT2D eigenvalue weighted by atomic mass is 9.98. The van der Waals surface area contributed by atoms with E-state index in [2.05, 4.69) is 21.5 Å². The minimum Gasteiger partial charge on any atom is -0.357 e. The van der Waals surface area contributed by atoms with Gasteiger partial charge in [0.2, 0.25) is 0 Å². The molecule has 0 bridgehead atoms. The van der Waals surface area contributed by atoms with E-state index in [4.69, 9.17) is 12.2 Å². The van der Waals surface area contributed by atoms with E-state index in [-0.39, 0.29) is 17.7 Å². The van der Waals surface area contributed by atoms with Gasteiger partial charge in [-0.2, -0.15) is 0 Å². The number of benzene rings is 2. The first-order valence-corrected chi connectivity index (χ1v) is 9.65. The van der Waals surface area contributed by atoms with Crippen LogP contribution in [0.4, 0.5) is 0 Å². The van der Waals surface area contributed by atoms with Gasteiger partial charge in [-0.3, -0.25) is 20.4 Å². The van der Waals surface area contributed by atoms with Gasteiger partial charge in [-0.25, -0.2) is 0 Å². The van der Waals surface area contributed by atoms with Crippen molar-refractivity contribution in [1.82, 2.24) is 21.5 Å². The van der Waals surface area contributed by atoms with Crippen LogP contribution in [0, 0.1) is 5.92 Å². The van der Waals surface area contributed by atoms with Gasteiger partial charge in [0.15, 0.2) is 5.11 Å². The smallest absolute Gasteiger partial charge is 0.261 e. The molecule has 0 aliphatic rings. The zero-order valence-electron chi connectivity index (χ0n) is 16.1. The fourth-order valence-electron chi connectivity index (χ4n) is 2.53. The third kappa shape index (κ3) is 6.66. The third-order valence-electron chi connectivity index (χ3n) is 4.41. The van der Waals surface area contributed by atoms with Gasteiger partial charge in [-0.1, -0.05) is 68.8 Å². The summed E-state index contributed by atoms with van der Waals surface area (Å²) >= 11 is 5.19. The molecular formula is C21H26N4O2S. The lowest BCUT2D eigenvalue weighted by molar-refractivity contribution is -0.124. The van der Waals surface area contributed by atoms with E-state index in [1.54, 1.807) is 24.3 Å². The molecule has 2 rings (SSSR count). The summed E-state index contributed by atoms with van der Waals surface area (Å²) in [6.45, 7) is 4.43. The largest absolute Gasteiger partial charge is 0.357 e. The second-order valence-electron chi connectivity index (χ2n) is 6.49. The van der Waals surface area contributed by atoms with Crippen LogP contribution in [0.25, 0.3) is 0 Å². The average molecular weight is 399 g/mol. The number of hydrazine groups is 1. The van der Waals surface area contributed by atoms with Crippen molar-refractivity contribution in [3.8, 4) is 0 Å². The molecule has 0 aliphatic heterocycles. The molecule has 2 amide bonds. The molecule has 2 aromatic rings. The molecule has 0 radical (unpaired) electrons. The fraction of sp³-hybridized carbons (Fsp3) is 0.286. The van der Waals surface area contributed by atoms with E-state index >= 15 is 0 Å². The van der Waals surface area contributed by atoms with Crippen LogP contribution in [0.5, 0.6) is 0 Å². The van der Waals surface area contributed by atoms with E-state index in [1.807, 2.05) is 50.2 Å². The van der Waals surface area contributed by atoms with Gasteiger partial charge >= 0.3 is 0 Å². The van der Waals surface area contributed by atoms with Gasteiger partial charge in [0.1, 0.15) is 6.04 Å². The van der Waals surface area contributed by atoms with Crippen LogP contribution in [0.15, 0.2) is 60.7 Å². The molecule has 0 saturated carbocycles. The van der Waals surface area contributed by atoms with Crippen molar-refractivity contribution in [2.75, 3.05) is 0 Å². The van der Waals surface area contributed by atoms with Crippen molar-refractivity contribution < 1.29 is 9.59 Å². The molecule has 0 aromatic heterocycles. The predicted molar refractivity (Wildman–Crippen MR) is 114 cm³/mol. The summed E-state index contributed by atoms with van der Waals surface area (Å²) in [5, 5.41) is 6.13. The van der Waals surface area contributed by atoms with Crippen molar-refractivity contribution in [2.45, 2.75) is 32.9 Å². The Kier molecular flexibility index (Phi) is 8.42. The lowest BCUT2D eigenvalue weighted by Gasteiger charge is -2.24. The number of thiocarbonyl (C=S) groups is 1. The van der Waals surface area contributed by atoms with Gasteiger partial charge in [0.25, 0.3) is 11.8 Å². The van der Waals surface area contributed by atoms with Crippen molar-refractivity contribution in [3.05, 3.63) is 71.8 Å². The van der Waals surface area contributed by atoms with Gasteiger partial charge in [-0.15, -0.1) is 0 Å². The predicted octanol–water partition coefficient (Wildman–Crippen LogP) is 2.53.